The minimum absolute atomic E-state index is 0.0368. The van der Waals surface area contributed by atoms with Gasteiger partial charge in [-0.2, -0.15) is 0 Å². The molecule has 2 unspecified atom stereocenters. The molecule has 15 heavy (non-hydrogen) atoms. The van der Waals surface area contributed by atoms with E-state index < -0.39 is 0 Å². The van der Waals surface area contributed by atoms with Gasteiger partial charge in [0.05, 0.1) is 11.7 Å². The Balaban J connectivity index is 2.35. The first-order valence-electron chi connectivity index (χ1n) is 6.47. The van der Waals surface area contributed by atoms with Gasteiger partial charge in [-0.15, -0.1) is 0 Å². The van der Waals surface area contributed by atoms with E-state index in [4.69, 9.17) is 4.74 Å². The molecule has 0 spiro atoms. The molecule has 2 heteroatoms. The standard InChI is InChI=1S/C13H27NO/c1-5-6-7-8-12-9-14-10-13(4,15-12)11(2)3/h11-12,14H,5-10H2,1-4H3. The van der Waals surface area contributed by atoms with Gasteiger partial charge in [-0.3, -0.25) is 0 Å². The van der Waals surface area contributed by atoms with Gasteiger partial charge in [0.25, 0.3) is 0 Å². The molecule has 1 rings (SSSR count). The van der Waals surface area contributed by atoms with E-state index in [0.717, 1.165) is 13.1 Å². The number of nitrogens with one attached hydrogen (secondary N) is 1. The van der Waals surface area contributed by atoms with Crippen LogP contribution in [0.25, 0.3) is 0 Å². The SMILES string of the molecule is CCCCCC1CNCC(C)(C(C)C)O1. The molecule has 2 nitrogen and oxygen atoms in total. The molecule has 1 saturated heterocycles. The van der Waals surface area contributed by atoms with Crippen molar-refractivity contribution in [1.29, 1.82) is 0 Å². The number of unbranched alkanes of at least 4 members (excludes halogenated alkanes) is 2. The molecule has 1 heterocycles. The molecule has 0 aromatic heterocycles. The highest BCUT2D eigenvalue weighted by Crippen LogP contribution is 2.26. The van der Waals surface area contributed by atoms with Gasteiger partial charge >= 0.3 is 0 Å². The monoisotopic (exact) mass is 213 g/mol. The molecule has 1 aliphatic rings. The smallest absolute Gasteiger partial charge is 0.0805 e. The van der Waals surface area contributed by atoms with Crippen LogP contribution in [-0.4, -0.2) is 24.8 Å². The summed E-state index contributed by atoms with van der Waals surface area (Å²) < 4.78 is 6.22. The minimum Gasteiger partial charge on any atom is -0.369 e. The van der Waals surface area contributed by atoms with Gasteiger partial charge in [0.2, 0.25) is 0 Å². The van der Waals surface area contributed by atoms with Crippen LogP contribution in [0.3, 0.4) is 0 Å². The van der Waals surface area contributed by atoms with Crippen molar-refractivity contribution in [3.63, 3.8) is 0 Å². The maximum Gasteiger partial charge on any atom is 0.0805 e. The Kier molecular flexibility index (Phi) is 5.07. The molecular weight excluding hydrogens is 186 g/mol. The summed E-state index contributed by atoms with van der Waals surface area (Å²) in [6, 6.07) is 0. The number of hydrogen-bond acceptors (Lipinski definition) is 2. The summed E-state index contributed by atoms with van der Waals surface area (Å²) in [4.78, 5) is 0. The molecule has 0 saturated carbocycles. The Labute approximate surface area is 94.8 Å². The van der Waals surface area contributed by atoms with Gasteiger partial charge in [-0.05, 0) is 19.3 Å². The third kappa shape index (κ3) is 3.76. The van der Waals surface area contributed by atoms with Crippen molar-refractivity contribution < 1.29 is 4.74 Å². The first kappa shape index (κ1) is 13.0. The highest BCUT2D eigenvalue weighted by molar-refractivity contribution is 4.87. The summed E-state index contributed by atoms with van der Waals surface area (Å²) in [7, 11) is 0. The lowest BCUT2D eigenvalue weighted by Gasteiger charge is -2.42. The van der Waals surface area contributed by atoms with E-state index in [1.807, 2.05) is 0 Å². The first-order chi connectivity index (χ1) is 7.08. The molecule has 2 atom stereocenters. The fourth-order valence-corrected chi connectivity index (χ4v) is 2.07. The van der Waals surface area contributed by atoms with E-state index in [-0.39, 0.29) is 5.60 Å². The van der Waals surface area contributed by atoms with Crippen molar-refractivity contribution in [2.45, 2.75) is 65.1 Å². The highest BCUT2D eigenvalue weighted by Gasteiger charge is 2.35. The fraction of sp³-hybridized carbons (Fsp3) is 1.00. The van der Waals surface area contributed by atoms with Crippen molar-refractivity contribution in [3.8, 4) is 0 Å². The molecule has 1 N–H and O–H groups in total. The number of hydrogen-bond donors (Lipinski definition) is 1. The Morgan fingerprint density at radius 2 is 2.13 bits per heavy atom. The Bertz CT molecular complexity index is 181. The summed E-state index contributed by atoms with van der Waals surface area (Å²) in [5.74, 6) is 0.582. The first-order valence-corrected chi connectivity index (χ1v) is 6.47. The molecule has 0 radical (unpaired) electrons. The largest absolute Gasteiger partial charge is 0.369 e. The van der Waals surface area contributed by atoms with E-state index in [0.29, 0.717) is 12.0 Å². The Hall–Kier alpha value is -0.0800. The van der Waals surface area contributed by atoms with Crippen LogP contribution in [-0.2, 0) is 4.74 Å². The predicted molar refractivity (Wildman–Crippen MR) is 65.1 cm³/mol. The van der Waals surface area contributed by atoms with Crippen LogP contribution in [0.2, 0.25) is 0 Å². The number of ether oxygens (including phenoxy) is 1. The lowest BCUT2D eigenvalue weighted by atomic mass is 9.90. The highest BCUT2D eigenvalue weighted by atomic mass is 16.5. The molecule has 90 valence electrons. The summed E-state index contributed by atoms with van der Waals surface area (Å²) in [6.07, 6.45) is 5.57. The number of morpholine rings is 1. The topological polar surface area (TPSA) is 21.3 Å². The van der Waals surface area contributed by atoms with Crippen molar-refractivity contribution in [3.05, 3.63) is 0 Å². The van der Waals surface area contributed by atoms with E-state index in [2.05, 4.69) is 33.0 Å². The van der Waals surface area contributed by atoms with Crippen LogP contribution in [0.5, 0.6) is 0 Å². The normalized spacial score (nSPS) is 32.2. The lowest BCUT2D eigenvalue weighted by Crippen LogP contribution is -2.54. The van der Waals surface area contributed by atoms with E-state index in [1.165, 1.54) is 25.7 Å². The maximum absolute atomic E-state index is 6.22. The van der Waals surface area contributed by atoms with Gasteiger partial charge in [-0.1, -0.05) is 40.0 Å². The van der Waals surface area contributed by atoms with Crippen molar-refractivity contribution in [1.82, 2.24) is 5.32 Å². The van der Waals surface area contributed by atoms with Gasteiger partial charge in [-0.25, -0.2) is 0 Å². The summed E-state index contributed by atoms with van der Waals surface area (Å²) in [6.45, 7) is 11.0. The summed E-state index contributed by atoms with van der Waals surface area (Å²) in [5, 5.41) is 3.51. The fourth-order valence-electron chi connectivity index (χ4n) is 2.07. The number of rotatable bonds is 5. The van der Waals surface area contributed by atoms with Gasteiger partial charge in [0, 0.05) is 13.1 Å². The van der Waals surface area contributed by atoms with Crippen LogP contribution >= 0.6 is 0 Å². The molecule has 0 aromatic rings. The van der Waals surface area contributed by atoms with Crippen LogP contribution in [0.15, 0.2) is 0 Å². The van der Waals surface area contributed by atoms with Crippen molar-refractivity contribution in [2.24, 2.45) is 5.92 Å². The van der Waals surface area contributed by atoms with Gasteiger partial charge in [0.15, 0.2) is 0 Å². The zero-order valence-electron chi connectivity index (χ0n) is 10.8. The van der Waals surface area contributed by atoms with Gasteiger partial charge < -0.3 is 10.1 Å². The maximum atomic E-state index is 6.22. The molecule has 0 bridgehead atoms. The Morgan fingerprint density at radius 1 is 1.40 bits per heavy atom. The average Bonchev–Trinajstić information content (AvgIpc) is 2.18. The second-order valence-electron chi connectivity index (χ2n) is 5.33. The van der Waals surface area contributed by atoms with Gasteiger partial charge in [0.1, 0.15) is 0 Å². The third-order valence-corrected chi connectivity index (χ3v) is 3.63. The molecule has 1 fully saturated rings. The molecule has 0 aromatic carbocycles. The quantitative estimate of drug-likeness (QED) is 0.709. The minimum atomic E-state index is 0.0368. The third-order valence-electron chi connectivity index (χ3n) is 3.63. The van der Waals surface area contributed by atoms with Crippen LogP contribution in [0.1, 0.15) is 53.4 Å². The Morgan fingerprint density at radius 3 is 2.73 bits per heavy atom. The van der Waals surface area contributed by atoms with Crippen LogP contribution < -0.4 is 5.32 Å². The summed E-state index contributed by atoms with van der Waals surface area (Å²) in [5.41, 5.74) is 0.0368. The second-order valence-corrected chi connectivity index (χ2v) is 5.33. The zero-order valence-corrected chi connectivity index (χ0v) is 10.8. The zero-order chi connectivity index (χ0) is 11.3. The molecule has 0 amide bonds. The average molecular weight is 213 g/mol. The van der Waals surface area contributed by atoms with E-state index in [9.17, 15) is 0 Å². The van der Waals surface area contributed by atoms with E-state index >= 15 is 0 Å². The molecule has 0 aliphatic carbocycles. The lowest BCUT2D eigenvalue weighted by molar-refractivity contribution is -0.132. The van der Waals surface area contributed by atoms with Crippen molar-refractivity contribution in [2.75, 3.05) is 13.1 Å². The van der Waals surface area contributed by atoms with Crippen LogP contribution in [0.4, 0.5) is 0 Å². The van der Waals surface area contributed by atoms with Crippen molar-refractivity contribution >= 4 is 0 Å². The molecule has 1 aliphatic heterocycles. The predicted octanol–water partition coefficient (Wildman–Crippen LogP) is 2.97. The van der Waals surface area contributed by atoms with Crippen LogP contribution in [0, 0.1) is 5.92 Å². The van der Waals surface area contributed by atoms with E-state index in [1.54, 1.807) is 0 Å². The molecular formula is C13H27NO. The summed E-state index contributed by atoms with van der Waals surface area (Å²) >= 11 is 0. The second kappa shape index (κ2) is 5.86.